The minimum atomic E-state index is 0.318. The maximum Gasteiger partial charge on any atom is 0.0701 e. The van der Waals surface area contributed by atoms with E-state index in [1.807, 2.05) is 0 Å². The van der Waals surface area contributed by atoms with Gasteiger partial charge in [-0.25, -0.2) is 0 Å². The van der Waals surface area contributed by atoms with Gasteiger partial charge < -0.3 is 15.0 Å². The van der Waals surface area contributed by atoms with E-state index >= 15 is 0 Å². The molecule has 3 heteroatoms. The summed E-state index contributed by atoms with van der Waals surface area (Å²) in [6.07, 6.45) is 4.26. The van der Waals surface area contributed by atoms with Gasteiger partial charge in [-0.1, -0.05) is 27.7 Å². The zero-order valence-electron chi connectivity index (χ0n) is 13.7. The highest BCUT2D eigenvalue weighted by Crippen LogP contribution is 2.18. The number of nitrogens with zero attached hydrogens (tertiary/aromatic N) is 1. The van der Waals surface area contributed by atoms with Crippen LogP contribution in [0.5, 0.6) is 0 Å². The Hall–Kier alpha value is -0.120. The SMILES string of the molecule is CC(C)CNCC(C)(C)CN(C)CC1CCCCO1. The van der Waals surface area contributed by atoms with E-state index in [9.17, 15) is 0 Å². The molecule has 0 aromatic carbocycles. The largest absolute Gasteiger partial charge is 0.377 e. The van der Waals surface area contributed by atoms with Crippen LogP contribution in [0.2, 0.25) is 0 Å². The second-order valence-electron chi connectivity index (χ2n) is 7.37. The third-order valence-corrected chi connectivity index (χ3v) is 3.64. The lowest BCUT2D eigenvalue weighted by molar-refractivity contribution is -0.00619. The highest BCUT2D eigenvalue weighted by molar-refractivity contribution is 4.77. The summed E-state index contributed by atoms with van der Waals surface area (Å²) < 4.78 is 5.82. The van der Waals surface area contributed by atoms with Crippen molar-refractivity contribution in [3.8, 4) is 0 Å². The number of likely N-dealkylation sites (N-methyl/N-ethyl adjacent to an activating group) is 1. The van der Waals surface area contributed by atoms with Crippen LogP contribution in [0.4, 0.5) is 0 Å². The first kappa shape index (κ1) is 16.9. The van der Waals surface area contributed by atoms with Crippen LogP contribution in [0.25, 0.3) is 0 Å². The van der Waals surface area contributed by atoms with Gasteiger partial charge in [0.1, 0.15) is 0 Å². The second-order valence-corrected chi connectivity index (χ2v) is 7.37. The van der Waals surface area contributed by atoms with E-state index in [1.54, 1.807) is 0 Å². The molecule has 0 aromatic heterocycles. The van der Waals surface area contributed by atoms with E-state index in [-0.39, 0.29) is 0 Å². The zero-order chi connectivity index (χ0) is 14.3. The molecular weight excluding hydrogens is 236 g/mol. The minimum Gasteiger partial charge on any atom is -0.377 e. The summed E-state index contributed by atoms with van der Waals surface area (Å²) in [5, 5.41) is 3.58. The molecule has 3 nitrogen and oxygen atoms in total. The van der Waals surface area contributed by atoms with Crippen LogP contribution >= 0.6 is 0 Å². The number of ether oxygens (including phenoxy) is 1. The van der Waals surface area contributed by atoms with E-state index < -0.39 is 0 Å². The molecule has 0 aliphatic carbocycles. The lowest BCUT2D eigenvalue weighted by Crippen LogP contribution is -2.43. The van der Waals surface area contributed by atoms with Crippen molar-refractivity contribution in [2.45, 2.75) is 53.1 Å². The molecule has 1 aliphatic heterocycles. The van der Waals surface area contributed by atoms with Crippen molar-refractivity contribution in [1.29, 1.82) is 0 Å². The predicted octanol–water partition coefficient (Wildman–Crippen LogP) is 2.76. The molecule has 1 aliphatic rings. The molecule has 1 heterocycles. The van der Waals surface area contributed by atoms with Crippen LogP contribution in [-0.4, -0.2) is 50.8 Å². The fourth-order valence-corrected chi connectivity index (χ4v) is 2.85. The standard InChI is InChI=1S/C16H34N2O/c1-14(2)10-17-12-16(3,4)13-18(5)11-15-8-6-7-9-19-15/h14-15,17H,6-13H2,1-5H3. The van der Waals surface area contributed by atoms with Crippen molar-refractivity contribution in [2.24, 2.45) is 11.3 Å². The summed E-state index contributed by atoms with van der Waals surface area (Å²) in [7, 11) is 2.22. The van der Waals surface area contributed by atoms with Crippen molar-refractivity contribution in [2.75, 3.05) is 39.8 Å². The first-order valence-corrected chi connectivity index (χ1v) is 7.90. The fraction of sp³-hybridized carbons (Fsp3) is 1.00. The Bertz CT molecular complexity index is 235. The smallest absolute Gasteiger partial charge is 0.0701 e. The highest BCUT2D eigenvalue weighted by Gasteiger charge is 2.22. The molecule has 0 spiro atoms. The van der Waals surface area contributed by atoms with Crippen molar-refractivity contribution >= 4 is 0 Å². The van der Waals surface area contributed by atoms with Gasteiger partial charge in [0.15, 0.2) is 0 Å². The van der Waals surface area contributed by atoms with Gasteiger partial charge in [0, 0.05) is 26.2 Å². The average Bonchev–Trinajstić information content (AvgIpc) is 2.28. The lowest BCUT2D eigenvalue weighted by Gasteiger charge is -2.33. The predicted molar refractivity (Wildman–Crippen MR) is 82.6 cm³/mol. The Balaban J connectivity index is 2.22. The molecule has 0 radical (unpaired) electrons. The Morgan fingerprint density at radius 1 is 1.32 bits per heavy atom. The van der Waals surface area contributed by atoms with E-state index in [0.717, 1.165) is 38.7 Å². The van der Waals surface area contributed by atoms with Gasteiger partial charge in [-0.3, -0.25) is 0 Å². The molecule has 1 saturated heterocycles. The molecule has 1 rings (SSSR count). The van der Waals surface area contributed by atoms with Crippen LogP contribution in [-0.2, 0) is 4.74 Å². The van der Waals surface area contributed by atoms with Crippen LogP contribution < -0.4 is 5.32 Å². The van der Waals surface area contributed by atoms with Gasteiger partial charge in [-0.15, -0.1) is 0 Å². The quantitative estimate of drug-likeness (QED) is 0.734. The van der Waals surface area contributed by atoms with Gasteiger partial charge in [0.25, 0.3) is 0 Å². The Morgan fingerprint density at radius 2 is 2.05 bits per heavy atom. The maximum atomic E-state index is 5.82. The molecule has 0 aromatic rings. The van der Waals surface area contributed by atoms with Crippen molar-refractivity contribution < 1.29 is 4.74 Å². The van der Waals surface area contributed by atoms with Crippen molar-refractivity contribution in [3.63, 3.8) is 0 Å². The first-order valence-electron chi connectivity index (χ1n) is 7.90. The Morgan fingerprint density at radius 3 is 2.63 bits per heavy atom. The van der Waals surface area contributed by atoms with Crippen LogP contribution in [0.15, 0.2) is 0 Å². The van der Waals surface area contributed by atoms with Gasteiger partial charge in [-0.2, -0.15) is 0 Å². The summed E-state index contributed by atoms with van der Waals surface area (Å²) in [6.45, 7) is 14.6. The second kappa shape index (κ2) is 8.23. The van der Waals surface area contributed by atoms with Gasteiger partial charge in [-0.05, 0) is 44.2 Å². The molecule has 19 heavy (non-hydrogen) atoms. The lowest BCUT2D eigenvalue weighted by atomic mass is 9.92. The van der Waals surface area contributed by atoms with E-state index in [1.165, 1.54) is 19.3 Å². The van der Waals surface area contributed by atoms with E-state index in [4.69, 9.17) is 4.74 Å². The van der Waals surface area contributed by atoms with Gasteiger partial charge >= 0.3 is 0 Å². The topological polar surface area (TPSA) is 24.5 Å². The molecule has 1 fully saturated rings. The molecule has 114 valence electrons. The Kier molecular flexibility index (Phi) is 7.33. The first-order chi connectivity index (χ1) is 8.89. The van der Waals surface area contributed by atoms with Gasteiger partial charge in [0.2, 0.25) is 0 Å². The van der Waals surface area contributed by atoms with E-state index in [0.29, 0.717) is 11.5 Å². The third kappa shape index (κ3) is 7.91. The number of nitrogens with one attached hydrogen (secondary N) is 1. The molecule has 0 saturated carbocycles. The maximum absolute atomic E-state index is 5.82. The monoisotopic (exact) mass is 270 g/mol. The zero-order valence-corrected chi connectivity index (χ0v) is 13.7. The highest BCUT2D eigenvalue weighted by atomic mass is 16.5. The van der Waals surface area contributed by atoms with Crippen LogP contribution in [0.3, 0.4) is 0 Å². The molecular formula is C16H34N2O. The van der Waals surface area contributed by atoms with Gasteiger partial charge in [0.05, 0.1) is 6.10 Å². The normalized spacial score (nSPS) is 21.3. The minimum absolute atomic E-state index is 0.318. The van der Waals surface area contributed by atoms with Crippen molar-refractivity contribution in [3.05, 3.63) is 0 Å². The van der Waals surface area contributed by atoms with Crippen LogP contribution in [0, 0.1) is 11.3 Å². The third-order valence-electron chi connectivity index (χ3n) is 3.64. The molecule has 1 unspecified atom stereocenters. The summed E-state index contributed by atoms with van der Waals surface area (Å²) in [4.78, 5) is 2.44. The number of rotatable bonds is 8. The molecule has 0 bridgehead atoms. The summed E-state index contributed by atoms with van der Waals surface area (Å²) in [6, 6.07) is 0. The van der Waals surface area contributed by atoms with E-state index in [2.05, 4.69) is 45.0 Å². The molecule has 1 atom stereocenters. The molecule has 1 N–H and O–H groups in total. The number of hydrogen-bond acceptors (Lipinski definition) is 3. The summed E-state index contributed by atoms with van der Waals surface area (Å²) in [5.41, 5.74) is 0.318. The summed E-state index contributed by atoms with van der Waals surface area (Å²) in [5.74, 6) is 0.726. The van der Waals surface area contributed by atoms with Crippen LogP contribution in [0.1, 0.15) is 47.0 Å². The molecule has 0 amide bonds. The Labute approximate surface area is 120 Å². The fourth-order valence-electron chi connectivity index (χ4n) is 2.85. The average molecular weight is 270 g/mol. The summed E-state index contributed by atoms with van der Waals surface area (Å²) >= 11 is 0. The number of hydrogen-bond donors (Lipinski definition) is 1. The van der Waals surface area contributed by atoms with Crippen molar-refractivity contribution in [1.82, 2.24) is 10.2 Å².